The van der Waals surface area contributed by atoms with E-state index in [9.17, 15) is 0 Å². The van der Waals surface area contributed by atoms with Gasteiger partial charge in [-0.1, -0.05) is 35.4 Å². The van der Waals surface area contributed by atoms with Crippen LogP contribution in [0, 0.1) is 6.92 Å². The normalized spacial score (nSPS) is 10.8. The van der Waals surface area contributed by atoms with Crippen LogP contribution in [0.4, 0.5) is 5.82 Å². The van der Waals surface area contributed by atoms with Crippen molar-refractivity contribution in [3.63, 3.8) is 0 Å². The molecule has 20 heavy (non-hydrogen) atoms. The van der Waals surface area contributed by atoms with E-state index in [0.29, 0.717) is 10.8 Å². The van der Waals surface area contributed by atoms with Crippen molar-refractivity contribution in [1.29, 1.82) is 0 Å². The zero-order valence-corrected chi connectivity index (χ0v) is 12.1. The molecule has 0 atom stereocenters. The second-order valence-electron chi connectivity index (χ2n) is 4.68. The number of anilines is 1. The molecule has 3 nitrogen and oxygen atoms in total. The summed E-state index contributed by atoms with van der Waals surface area (Å²) in [7, 11) is 1.86. The van der Waals surface area contributed by atoms with E-state index in [1.54, 1.807) is 0 Å². The molecular formula is C16H14ClN3. The lowest BCUT2D eigenvalue weighted by Crippen LogP contribution is -1.98. The maximum atomic E-state index is 6.06. The van der Waals surface area contributed by atoms with Gasteiger partial charge >= 0.3 is 0 Å². The van der Waals surface area contributed by atoms with Crippen LogP contribution in [-0.2, 0) is 0 Å². The maximum absolute atomic E-state index is 6.06. The van der Waals surface area contributed by atoms with E-state index in [1.165, 1.54) is 5.56 Å². The fourth-order valence-corrected chi connectivity index (χ4v) is 2.37. The summed E-state index contributed by atoms with van der Waals surface area (Å²) < 4.78 is 0. The molecule has 0 saturated heterocycles. The van der Waals surface area contributed by atoms with Gasteiger partial charge < -0.3 is 5.32 Å². The summed E-state index contributed by atoms with van der Waals surface area (Å²) in [5, 5.41) is 4.76. The Labute approximate surface area is 122 Å². The van der Waals surface area contributed by atoms with Gasteiger partial charge in [0.1, 0.15) is 5.82 Å². The summed E-state index contributed by atoms with van der Waals surface area (Å²) in [5.41, 5.74) is 3.03. The van der Waals surface area contributed by atoms with Crippen LogP contribution in [0.15, 0.2) is 42.5 Å². The van der Waals surface area contributed by atoms with E-state index < -0.39 is 0 Å². The van der Waals surface area contributed by atoms with Gasteiger partial charge in [-0.15, -0.1) is 0 Å². The number of rotatable bonds is 2. The number of benzene rings is 2. The van der Waals surface area contributed by atoms with Crippen LogP contribution in [0.25, 0.3) is 22.3 Å². The van der Waals surface area contributed by atoms with Crippen molar-refractivity contribution in [2.75, 3.05) is 12.4 Å². The van der Waals surface area contributed by atoms with Gasteiger partial charge in [0.05, 0.1) is 5.52 Å². The number of halogens is 1. The standard InChI is InChI=1S/C16H14ClN3/c1-10-4-3-5-11(8-10)15-19-14-9-12(17)6-7-13(14)16(18-2)20-15/h3-9H,1-2H3,(H,18,19,20). The predicted octanol–water partition coefficient (Wildman–Crippen LogP) is 4.30. The van der Waals surface area contributed by atoms with E-state index in [1.807, 2.05) is 37.4 Å². The van der Waals surface area contributed by atoms with Crippen LogP contribution in [-0.4, -0.2) is 17.0 Å². The van der Waals surface area contributed by atoms with Crippen molar-refractivity contribution < 1.29 is 0 Å². The molecule has 1 aromatic heterocycles. The molecule has 0 radical (unpaired) electrons. The molecule has 0 amide bonds. The summed E-state index contributed by atoms with van der Waals surface area (Å²) in [6.07, 6.45) is 0. The number of fused-ring (bicyclic) bond motifs is 1. The van der Waals surface area contributed by atoms with Crippen molar-refractivity contribution in [3.05, 3.63) is 53.1 Å². The molecule has 3 aromatic rings. The molecule has 0 aliphatic rings. The highest BCUT2D eigenvalue weighted by molar-refractivity contribution is 6.31. The Bertz CT molecular complexity index is 784. The van der Waals surface area contributed by atoms with Gasteiger partial charge in [-0.25, -0.2) is 9.97 Å². The van der Waals surface area contributed by atoms with Crippen LogP contribution in [0.1, 0.15) is 5.56 Å². The second-order valence-corrected chi connectivity index (χ2v) is 5.11. The minimum Gasteiger partial charge on any atom is -0.373 e. The molecular weight excluding hydrogens is 270 g/mol. The van der Waals surface area contributed by atoms with E-state index in [2.05, 4.69) is 34.3 Å². The highest BCUT2D eigenvalue weighted by Gasteiger charge is 2.09. The molecule has 100 valence electrons. The lowest BCUT2D eigenvalue weighted by molar-refractivity contribution is 1.21. The first-order valence-electron chi connectivity index (χ1n) is 6.39. The second kappa shape index (κ2) is 5.10. The Kier molecular flexibility index (Phi) is 3.28. The molecule has 0 unspecified atom stereocenters. The van der Waals surface area contributed by atoms with Crippen molar-refractivity contribution in [1.82, 2.24) is 9.97 Å². The Morgan fingerprint density at radius 3 is 2.65 bits per heavy atom. The lowest BCUT2D eigenvalue weighted by Gasteiger charge is -2.09. The molecule has 0 spiro atoms. The van der Waals surface area contributed by atoms with Crippen LogP contribution in [0.3, 0.4) is 0 Å². The molecule has 0 fully saturated rings. The molecule has 0 aliphatic carbocycles. The molecule has 3 rings (SSSR count). The number of hydrogen-bond donors (Lipinski definition) is 1. The third-order valence-corrected chi connectivity index (χ3v) is 3.41. The number of aromatic nitrogens is 2. The van der Waals surface area contributed by atoms with Crippen molar-refractivity contribution in [3.8, 4) is 11.4 Å². The average Bonchev–Trinajstić information content (AvgIpc) is 2.45. The number of aryl methyl sites for hydroxylation is 1. The molecule has 4 heteroatoms. The van der Waals surface area contributed by atoms with Crippen molar-refractivity contribution >= 4 is 28.3 Å². The molecule has 0 bridgehead atoms. The first-order chi connectivity index (χ1) is 9.67. The Balaban J connectivity index is 2.26. The summed E-state index contributed by atoms with van der Waals surface area (Å²) in [6, 6.07) is 13.8. The van der Waals surface area contributed by atoms with E-state index >= 15 is 0 Å². The quantitative estimate of drug-likeness (QED) is 0.762. The lowest BCUT2D eigenvalue weighted by atomic mass is 10.1. The summed E-state index contributed by atoms with van der Waals surface area (Å²) in [6.45, 7) is 2.06. The van der Waals surface area contributed by atoms with Crippen LogP contribution >= 0.6 is 11.6 Å². The van der Waals surface area contributed by atoms with Gasteiger partial charge in [0.15, 0.2) is 5.82 Å². The Morgan fingerprint density at radius 1 is 1.05 bits per heavy atom. The first-order valence-corrected chi connectivity index (χ1v) is 6.77. The summed E-state index contributed by atoms with van der Waals surface area (Å²) >= 11 is 6.06. The van der Waals surface area contributed by atoms with E-state index in [-0.39, 0.29) is 0 Å². The minimum absolute atomic E-state index is 0.674. The van der Waals surface area contributed by atoms with Crippen LogP contribution in [0.2, 0.25) is 5.02 Å². The number of nitrogens with one attached hydrogen (secondary N) is 1. The predicted molar refractivity (Wildman–Crippen MR) is 84.3 cm³/mol. The Hall–Kier alpha value is -2.13. The molecule has 1 N–H and O–H groups in total. The van der Waals surface area contributed by atoms with E-state index in [4.69, 9.17) is 11.6 Å². The third kappa shape index (κ3) is 2.32. The zero-order chi connectivity index (χ0) is 14.1. The summed E-state index contributed by atoms with van der Waals surface area (Å²) in [4.78, 5) is 9.22. The number of hydrogen-bond acceptors (Lipinski definition) is 3. The van der Waals surface area contributed by atoms with Gasteiger partial charge in [0.25, 0.3) is 0 Å². The highest BCUT2D eigenvalue weighted by Crippen LogP contribution is 2.27. The van der Waals surface area contributed by atoms with E-state index in [0.717, 1.165) is 22.3 Å². The zero-order valence-electron chi connectivity index (χ0n) is 11.3. The maximum Gasteiger partial charge on any atom is 0.162 e. The fraction of sp³-hybridized carbons (Fsp3) is 0.125. The largest absolute Gasteiger partial charge is 0.373 e. The minimum atomic E-state index is 0.674. The van der Waals surface area contributed by atoms with Gasteiger partial charge in [-0.3, -0.25) is 0 Å². The molecule has 2 aromatic carbocycles. The number of nitrogens with zero attached hydrogens (tertiary/aromatic N) is 2. The molecule has 1 heterocycles. The SMILES string of the molecule is CNc1nc(-c2cccc(C)c2)nc2cc(Cl)ccc12. The van der Waals surface area contributed by atoms with Gasteiger partial charge in [-0.05, 0) is 31.2 Å². The van der Waals surface area contributed by atoms with Crippen LogP contribution in [0.5, 0.6) is 0 Å². The Morgan fingerprint density at radius 2 is 1.90 bits per heavy atom. The molecule has 0 saturated carbocycles. The van der Waals surface area contributed by atoms with Crippen molar-refractivity contribution in [2.24, 2.45) is 0 Å². The molecule has 0 aliphatic heterocycles. The smallest absolute Gasteiger partial charge is 0.162 e. The summed E-state index contributed by atoms with van der Waals surface area (Å²) in [5.74, 6) is 1.51. The topological polar surface area (TPSA) is 37.8 Å². The monoisotopic (exact) mass is 283 g/mol. The average molecular weight is 284 g/mol. The van der Waals surface area contributed by atoms with Gasteiger partial charge in [-0.2, -0.15) is 0 Å². The fourth-order valence-electron chi connectivity index (χ4n) is 2.21. The highest BCUT2D eigenvalue weighted by atomic mass is 35.5. The van der Waals surface area contributed by atoms with Crippen molar-refractivity contribution in [2.45, 2.75) is 6.92 Å². The van der Waals surface area contributed by atoms with Gasteiger partial charge in [0.2, 0.25) is 0 Å². The van der Waals surface area contributed by atoms with Gasteiger partial charge in [0, 0.05) is 23.0 Å². The first kappa shape index (κ1) is 12.9. The third-order valence-electron chi connectivity index (χ3n) is 3.17. The van der Waals surface area contributed by atoms with Crippen LogP contribution < -0.4 is 5.32 Å².